The van der Waals surface area contributed by atoms with Crippen molar-refractivity contribution in [2.24, 2.45) is 0 Å². The highest BCUT2D eigenvalue weighted by atomic mass is 15.1. The molecule has 0 atom stereocenters. The van der Waals surface area contributed by atoms with Gasteiger partial charge in [0, 0.05) is 6.42 Å². The van der Waals surface area contributed by atoms with Crippen LogP contribution in [0.15, 0.2) is 12.4 Å². The van der Waals surface area contributed by atoms with E-state index >= 15 is 0 Å². The zero-order valence-corrected chi connectivity index (χ0v) is 21.8. The van der Waals surface area contributed by atoms with Crippen LogP contribution >= 0.6 is 0 Å². The standard InChI is InChI=1S/C29H57N2/c1-4-7-10-12-13-14-15-16-17-18-19-20-23-26-31-28-27-30(25-22-9-6-3)29(31)24-21-11-8-5-2/h27-28H,4-26H2,1-3H3/q+1. The summed E-state index contributed by atoms with van der Waals surface area (Å²) in [6.45, 7) is 9.35. The molecule has 0 aliphatic carbocycles. The fourth-order valence-corrected chi connectivity index (χ4v) is 4.73. The van der Waals surface area contributed by atoms with Crippen molar-refractivity contribution in [3.05, 3.63) is 18.2 Å². The molecule has 0 bridgehead atoms. The van der Waals surface area contributed by atoms with Crippen molar-refractivity contribution >= 4 is 0 Å². The molecule has 0 aromatic carbocycles. The van der Waals surface area contributed by atoms with E-state index < -0.39 is 0 Å². The first-order chi connectivity index (χ1) is 15.3. The van der Waals surface area contributed by atoms with Crippen molar-refractivity contribution in [1.29, 1.82) is 0 Å². The Morgan fingerprint density at radius 3 is 1.55 bits per heavy atom. The van der Waals surface area contributed by atoms with Gasteiger partial charge in [-0.25, -0.2) is 9.13 Å². The summed E-state index contributed by atoms with van der Waals surface area (Å²) in [5, 5.41) is 0. The molecule has 0 unspecified atom stereocenters. The molecular weight excluding hydrogens is 376 g/mol. The highest BCUT2D eigenvalue weighted by molar-refractivity contribution is 4.84. The van der Waals surface area contributed by atoms with Crippen molar-refractivity contribution < 1.29 is 4.57 Å². The second-order valence-corrected chi connectivity index (χ2v) is 9.86. The van der Waals surface area contributed by atoms with Gasteiger partial charge in [0.15, 0.2) is 0 Å². The lowest BCUT2D eigenvalue weighted by Crippen LogP contribution is -2.37. The van der Waals surface area contributed by atoms with Gasteiger partial charge in [0.1, 0.15) is 12.4 Å². The molecule has 0 aliphatic heterocycles. The summed E-state index contributed by atoms with van der Waals surface area (Å²) in [5.41, 5.74) is 0. The Labute approximate surface area is 196 Å². The lowest BCUT2D eigenvalue weighted by Gasteiger charge is -2.06. The Bertz CT molecular complexity index is 491. The fourth-order valence-electron chi connectivity index (χ4n) is 4.73. The third kappa shape index (κ3) is 14.8. The molecule has 1 heterocycles. The number of imidazole rings is 1. The van der Waals surface area contributed by atoms with Crippen LogP contribution in [0.4, 0.5) is 0 Å². The maximum absolute atomic E-state index is 2.58. The highest BCUT2D eigenvalue weighted by Gasteiger charge is 2.16. The number of rotatable bonds is 23. The topological polar surface area (TPSA) is 8.81 Å². The Morgan fingerprint density at radius 2 is 1.00 bits per heavy atom. The first kappa shape index (κ1) is 28.2. The van der Waals surface area contributed by atoms with Crippen molar-refractivity contribution in [3.8, 4) is 0 Å². The molecule has 1 aromatic heterocycles. The lowest BCUT2D eigenvalue weighted by atomic mass is 10.0. The Hall–Kier alpha value is -0.790. The van der Waals surface area contributed by atoms with Crippen LogP contribution in [-0.4, -0.2) is 4.57 Å². The molecule has 0 saturated heterocycles. The van der Waals surface area contributed by atoms with Gasteiger partial charge in [-0.2, -0.15) is 0 Å². The third-order valence-corrected chi connectivity index (χ3v) is 6.85. The fraction of sp³-hybridized carbons (Fsp3) is 0.897. The van der Waals surface area contributed by atoms with Crippen molar-refractivity contribution in [3.63, 3.8) is 0 Å². The van der Waals surface area contributed by atoms with Gasteiger partial charge < -0.3 is 0 Å². The monoisotopic (exact) mass is 433 g/mol. The van der Waals surface area contributed by atoms with Crippen LogP contribution in [0.25, 0.3) is 0 Å². The first-order valence-electron chi connectivity index (χ1n) is 14.4. The average molecular weight is 434 g/mol. The van der Waals surface area contributed by atoms with Crippen LogP contribution in [0.2, 0.25) is 0 Å². The van der Waals surface area contributed by atoms with E-state index in [1.165, 1.54) is 148 Å². The molecule has 31 heavy (non-hydrogen) atoms. The third-order valence-electron chi connectivity index (χ3n) is 6.85. The van der Waals surface area contributed by atoms with Crippen LogP contribution in [0.1, 0.15) is 155 Å². The summed E-state index contributed by atoms with van der Waals surface area (Å²) < 4.78 is 5.14. The van der Waals surface area contributed by atoms with E-state index in [9.17, 15) is 0 Å². The predicted octanol–water partition coefficient (Wildman–Crippen LogP) is 9.18. The highest BCUT2D eigenvalue weighted by Crippen LogP contribution is 2.13. The zero-order chi connectivity index (χ0) is 22.4. The SMILES string of the molecule is CCCCCCCCCCCCCCC[n+]1ccn(CCCCC)c1CCCCCC. The minimum absolute atomic E-state index is 1.21. The molecule has 0 radical (unpaired) electrons. The summed E-state index contributed by atoms with van der Waals surface area (Å²) in [5.74, 6) is 1.59. The Morgan fingerprint density at radius 1 is 0.548 bits per heavy atom. The Balaban J connectivity index is 2.17. The molecule has 2 heteroatoms. The molecule has 0 amide bonds. The quantitative estimate of drug-likeness (QED) is 0.120. The molecular formula is C29H57N2+. The second-order valence-electron chi connectivity index (χ2n) is 9.86. The summed E-state index contributed by atoms with van der Waals surface area (Å²) in [6.07, 6.45) is 34.1. The van der Waals surface area contributed by atoms with Crippen LogP contribution in [0.3, 0.4) is 0 Å². The molecule has 1 rings (SSSR count). The second kappa shape index (κ2) is 21.1. The normalized spacial score (nSPS) is 11.5. The van der Waals surface area contributed by atoms with Gasteiger partial charge >= 0.3 is 0 Å². The Kier molecular flexibility index (Phi) is 19.2. The number of unbranched alkanes of at least 4 members (excludes halogenated alkanes) is 17. The van der Waals surface area contributed by atoms with E-state index in [0.717, 1.165) is 0 Å². The van der Waals surface area contributed by atoms with Crippen molar-refractivity contribution in [1.82, 2.24) is 4.57 Å². The number of nitrogens with zero attached hydrogens (tertiary/aromatic N) is 2. The largest absolute Gasteiger partial charge is 0.256 e. The number of aromatic nitrogens is 2. The van der Waals surface area contributed by atoms with Gasteiger partial charge in [-0.3, -0.25) is 0 Å². The van der Waals surface area contributed by atoms with Crippen LogP contribution in [-0.2, 0) is 19.5 Å². The molecule has 0 saturated carbocycles. The van der Waals surface area contributed by atoms with Gasteiger partial charge in [0.25, 0.3) is 5.82 Å². The molecule has 0 fully saturated rings. The number of hydrogen-bond acceptors (Lipinski definition) is 0. The van der Waals surface area contributed by atoms with Gasteiger partial charge in [-0.1, -0.05) is 117 Å². The van der Waals surface area contributed by atoms with Gasteiger partial charge in [-0.15, -0.1) is 0 Å². The first-order valence-corrected chi connectivity index (χ1v) is 14.4. The maximum atomic E-state index is 2.58. The molecule has 0 spiro atoms. The molecule has 0 N–H and O–H groups in total. The summed E-state index contributed by atoms with van der Waals surface area (Å²) in [4.78, 5) is 0. The van der Waals surface area contributed by atoms with E-state index in [-0.39, 0.29) is 0 Å². The van der Waals surface area contributed by atoms with E-state index in [4.69, 9.17) is 0 Å². The maximum Gasteiger partial charge on any atom is 0.256 e. The summed E-state index contributed by atoms with van der Waals surface area (Å²) >= 11 is 0. The van der Waals surface area contributed by atoms with Crippen LogP contribution < -0.4 is 4.57 Å². The lowest BCUT2D eigenvalue weighted by molar-refractivity contribution is -0.704. The summed E-state index contributed by atoms with van der Waals surface area (Å²) in [6, 6.07) is 0. The number of aryl methyl sites for hydroxylation is 2. The smallest absolute Gasteiger partial charge is 0.234 e. The average Bonchev–Trinajstić information content (AvgIpc) is 3.16. The number of hydrogen-bond donors (Lipinski definition) is 0. The van der Waals surface area contributed by atoms with Crippen molar-refractivity contribution in [2.75, 3.05) is 0 Å². The minimum atomic E-state index is 1.21. The molecule has 2 nitrogen and oxygen atoms in total. The predicted molar refractivity (Wildman–Crippen MR) is 138 cm³/mol. The van der Waals surface area contributed by atoms with Crippen molar-refractivity contribution in [2.45, 2.75) is 169 Å². The van der Waals surface area contributed by atoms with Gasteiger partial charge in [-0.05, 0) is 32.1 Å². The molecule has 0 aliphatic rings. The van der Waals surface area contributed by atoms with Gasteiger partial charge in [0.2, 0.25) is 0 Å². The van der Waals surface area contributed by atoms with E-state index in [0.29, 0.717) is 0 Å². The van der Waals surface area contributed by atoms with E-state index in [1.54, 1.807) is 5.82 Å². The van der Waals surface area contributed by atoms with Gasteiger partial charge in [0.05, 0.1) is 13.1 Å². The van der Waals surface area contributed by atoms with Crippen LogP contribution in [0, 0.1) is 0 Å². The van der Waals surface area contributed by atoms with E-state index in [2.05, 4.69) is 42.3 Å². The van der Waals surface area contributed by atoms with E-state index in [1.807, 2.05) is 0 Å². The minimum Gasteiger partial charge on any atom is -0.234 e. The molecule has 182 valence electrons. The zero-order valence-electron chi connectivity index (χ0n) is 21.8. The summed E-state index contributed by atoms with van der Waals surface area (Å²) in [7, 11) is 0. The van der Waals surface area contributed by atoms with Crippen LogP contribution in [0.5, 0.6) is 0 Å². The molecule has 1 aromatic rings.